The van der Waals surface area contributed by atoms with Crippen molar-refractivity contribution in [3.05, 3.63) is 46.7 Å². The number of para-hydroxylation sites is 2. The minimum Gasteiger partial charge on any atom is -0.420 e. The lowest BCUT2D eigenvalue weighted by atomic mass is 9.81. The Balaban J connectivity index is 1.66. The van der Waals surface area contributed by atoms with Crippen LogP contribution in [-0.4, -0.2) is 17.8 Å². The van der Waals surface area contributed by atoms with Gasteiger partial charge in [0, 0.05) is 0 Å². The molecule has 2 heterocycles. The molecule has 2 aliphatic rings. The summed E-state index contributed by atoms with van der Waals surface area (Å²) in [4.78, 5) is 39.5. The largest absolute Gasteiger partial charge is 0.420 e. The fourth-order valence-corrected chi connectivity index (χ4v) is 4.27. The molecule has 1 saturated carbocycles. The number of amides is 2. The van der Waals surface area contributed by atoms with Crippen molar-refractivity contribution in [1.29, 1.82) is 0 Å². The third kappa shape index (κ3) is 2.76. The van der Waals surface area contributed by atoms with Gasteiger partial charge in [0.2, 0.25) is 11.8 Å². The summed E-state index contributed by atoms with van der Waals surface area (Å²) in [5.41, 5.74) is 0.358. The monoisotopic (exact) mass is 355 g/mol. The second-order valence-corrected chi connectivity index (χ2v) is 7.29. The fourth-order valence-electron chi connectivity index (χ4n) is 3.67. The summed E-state index contributed by atoms with van der Waals surface area (Å²) in [7, 11) is 0. The van der Waals surface area contributed by atoms with E-state index < -0.39 is 5.97 Å². The maximum Gasteiger partial charge on any atom is 0.353 e. The van der Waals surface area contributed by atoms with Crippen molar-refractivity contribution in [3.63, 3.8) is 0 Å². The van der Waals surface area contributed by atoms with Crippen LogP contribution in [0.3, 0.4) is 0 Å². The van der Waals surface area contributed by atoms with Crippen LogP contribution in [0.5, 0.6) is 5.75 Å². The number of esters is 1. The molecule has 2 aromatic rings. The molecule has 1 aliphatic heterocycles. The molecule has 2 fully saturated rings. The van der Waals surface area contributed by atoms with Gasteiger partial charge in [0.1, 0.15) is 4.88 Å². The lowest BCUT2D eigenvalue weighted by Gasteiger charge is -2.19. The van der Waals surface area contributed by atoms with Gasteiger partial charge in [-0.05, 0) is 36.4 Å². The van der Waals surface area contributed by atoms with Crippen molar-refractivity contribution in [2.75, 3.05) is 4.90 Å². The number of hydrogen-bond acceptors (Lipinski definition) is 5. The van der Waals surface area contributed by atoms with Gasteiger partial charge in [-0.2, -0.15) is 0 Å². The molecule has 1 saturated heterocycles. The lowest BCUT2D eigenvalue weighted by Crippen LogP contribution is -2.31. The predicted molar refractivity (Wildman–Crippen MR) is 93.7 cm³/mol. The first kappa shape index (κ1) is 16.0. The number of thiophene rings is 1. The SMILES string of the molecule is O=C(Oc1ccccc1N1C(=O)[C@H]2CCCC[C@@H]2C1=O)c1cccs1. The van der Waals surface area contributed by atoms with Crippen LogP contribution in [0.1, 0.15) is 35.4 Å². The number of benzene rings is 1. The van der Waals surface area contributed by atoms with E-state index in [1.54, 1.807) is 41.8 Å². The number of imide groups is 1. The molecular formula is C19H17NO4S. The predicted octanol–water partition coefficient (Wildman–Crippen LogP) is 3.65. The zero-order valence-corrected chi connectivity index (χ0v) is 14.3. The third-order valence-electron chi connectivity index (χ3n) is 4.87. The first-order valence-electron chi connectivity index (χ1n) is 8.39. The van der Waals surface area contributed by atoms with E-state index in [-0.39, 0.29) is 29.4 Å². The Kier molecular flexibility index (Phi) is 4.13. The molecule has 0 spiro atoms. The van der Waals surface area contributed by atoms with Crippen LogP contribution in [0.4, 0.5) is 5.69 Å². The molecule has 0 radical (unpaired) electrons. The number of ether oxygens (including phenoxy) is 1. The quantitative estimate of drug-likeness (QED) is 0.479. The van der Waals surface area contributed by atoms with E-state index in [0.717, 1.165) is 25.7 Å². The highest BCUT2D eigenvalue weighted by Gasteiger charge is 2.49. The summed E-state index contributed by atoms with van der Waals surface area (Å²) in [5, 5.41) is 1.79. The van der Waals surface area contributed by atoms with Crippen molar-refractivity contribution in [1.82, 2.24) is 0 Å². The molecule has 0 N–H and O–H groups in total. The van der Waals surface area contributed by atoms with E-state index >= 15 is 0 Å². The summed E-state index contributed by atoms with van der Waals surface area (Å²) in [6, 6.07) is 10.2. The number of rotatable bonds is 3. The van der Waals surface area contributed by atoms with Gasteiger partial charge in [0.05, 0.1) is 17.5 Å². The van der Waals surface area contributed by atoms with Gasteiger partial charge in [-0.25, -0.2) is 9.69 Å². The molecule has 2 amide bonds. The van der Waals surface area contributed by atoms with Gasteiger partial charge in [0.25, 0.3) is 0 Å². The molecule has 128 valence electrons. The molecular weight excluding hydrogens is 338 g/mol. The lowest BCUT2D eigenvalue weighted by molar-refractivity contribution is -0.122. The summed E-state index contributed by atoms with van der Waals surface area (Å²) in [6.07, 6.45) is 3.46. The van der Waals surface area contributed by atoms with Crippen LogP contribution in [0.15, 0.2) is 41.8 Å². The first-order chi connectivity index (χ1) is 12.2. The van der Waals surface area contributed by atoms with Crippen molar-refractivity contribution < 1.29 is 19.1 Å². The molecule has 0 bridgehead atoms. The van der Waals surface area contributed by atoms with E-state index in [9.17, 15) is 14.4 Å². The van der Waals surface area contributed by atoms with Gasteiger partial charge in [-0.1, -0.05) is 31.0 Å². The Hall–Kier alpha value is -2.47. The number of nitrogens with zero attached hydrogens (tertiary/aromatic N) is 1. The van der Waals surface area contributed by atoms with Gasteiger partial charge in [0.15, 0.2) is 5.75 Å². The summed E-state index contributed by atoms with van der Waals surface area (Å²) in [6.45, 7) is 0. The number of fused-ring (bicyclic) bond motifs is 1. The normalized spacial score (nSPS) is 22.8. The molecule has 1 aromatic carbocycles. The maximum atomic E-state index is 12.8. The number of carbonyl (C=O) groups excluding carboxylic acids is 3. The third-order valence-corrected chi connectivity index (χ3v) is 5.72. The average molecular weight is 355 g/mol. The molecule has 6 heteroatoms. The van der Waals surface area contributed by atoms with Crippen molar-refractivity contribution in [2.45, 2.75) is 25.7 Å². The Morgan fingerprint density at radius 2 is 1.68 bits per heavy atom. The van der Waals surface area contributed by atoms with Gasteiger partial charge >= 0.3 is 5.97 Å². The molecule has 1 aromatic heterocycles. The Morgan fingerprint density at radius 1 is 1.00 bits per heavy atom. The maximum absolute atomic E-state index is 12.8. The number of carbonyl (C=O) groups is 3. The Morgan fingerprint density at radius 3 is 2.32 bits per heavy atom. The van der Waals surface area contributed by atoms with Gasteiger partial charge in [-0.15, -0.1) is 11.3 Å². The Bertz CT molecular complexity index is 806. The highest BCUT2D eigenvalue weighted by molar-refractivity contribution is 7.12. The van der Waals surface area contributed by atoms with Crippen molar-refractivity contribution >= 4 is 34.8 Å². The van der Waals surface area contributed by atoms with Gasteiger partial charge in [-0.3, -0.25) is 9.59 Å². The van der Waals surface area contributed by atoms with Gasteiger partial charge < -0.3 is 4.74 Å². The van der Waals surface area contributed by atoms with Crippen LogP contribution in [0.2, 0.25) is 0 Å². The number of anilines is 1. The second kappa shape index (κ2) is 6.44. The summed E-state index contributed by atoms with van der Waals surface area (Å²) < 4.78 is 5.48. The summed E-state index contributed by atoms with van der Waals surface area (Å²) in [5.74, 6) is -1.06. The van der Waals surface area contributed by atoms with E-state index in [4.69, 9.17) is 4.74 Å². The zero-order chi connectivity index (χ0) is 17.4. The van der Waals surface area contributed by atoms with Crippen molar-refractivity contribution in [3.8, 4) is 5.75 Å². The van der Waals surface area contributed by atoms with E-state index in [2.05, 4.69) is 0 Å². The van der Waals surface area contributed by atoms with Crippen LogP contribution in [-0.2, 0) is 9.59 Å². The minimum absolute atomic E-state index is 0.172. The fraction of sp³-hybridized carbons (Fsp3) is 0.316. The molecule has 2 atom stereocenters. The molecule has 4 rings (SSSR count). The second-order valence-electron chi connectivity index (χ2n) is 6.34. The molecule has 0 unspecified atom stereocenters. The van der Waals surface area contributed by atoms with Crippen LogP contribution >= 0.6 is 11.3 Å². The average Bonchev–Trinajstić information content (AvgIpc) is 3.25. The zero-order valence-electron chi connectivity index (χ0n) is 13.5. The minimum atomic E-state index is -0.487. The topological polar surface area (TPSA) is 63.7 Å². The van der Waals surface area contributed by atoms with E-state index in [1.165, 1.54) is 16.2 Å². The van der Waals surface area contributed by atoms with Crippen molar-refractivity contribution in [2.24, 2.45) is 11.8 Å². The Labute approximate surface area is 149 Å². The van der Waals surface area contributed by atoms with Crippen LogP contribution < -0.4 is 9.64 Å². The summed E-state index contributed by atoms with van der Waals surface area (Å²) >= 11 is 1.28. The smallest absolute Gasteiger partial charge is 0.353 e. The highest BCUT2D eigenvalue weighted by Crippen LogP contribution is 2.42. The molecule has 1 aliphatic carbocycles. The first-order valence-corrected chi connectivity index (χ1v) is 9.27. The van der Waals surface area contributed by atoms with E-state index in [0.29, 0.717) is 10.6 Å². The molecule has 25 heavy (non-hydrogen) atoms. The molecule has 5 nitrogen and oxygen atoms in total. The van der Waals surface area contributed by atoms with Crippen LogP contribution in [0.25, 0.3) is 0 Å². The van der Waals surface area contributed by atoms with Crippen LogP contribution in [0, 0.1) is 11.8 Å². The standard InChI is InChI=1S/C19H17NO4S/c21-17-12-6-1-2-7-13(12)18(22)20(17)14-8-3-4-9-15(14)24-19(23)16-10-5-11-25-16/h3-5,8-13H,1-2,6-7H2/t12-,13-/m0/s1. The number of hydrogen-bond donors (Lipinski definition) is 0. The highest BCUT2D eigenvalue weighted by atomic mass is 32.1. The van der Waals surface area contributed by atoms with E-state index in [1.807, 2.05) is 0 Å².